The van der Waals surface area contributed by atoms with Crippen LogP contribution >= 0.6 is 11.6 Å². The Morgan fingerprint density at radius 2 is 1.86 bits per heavy atom. The lowest BCUT2D eigenvalue weighted by Gasteiger charge is -2.12. The van der Waals surface area contributed by atoms with Gasteiger partial charge in [0.25, 0.3) is 5.91 Å². The highest BCUT2D eigenvalue weighted by molar-refractivity contribution is 6.31. The van der Waals surface area contributed by atoms with E-state index in [0.29, 0.717) is 27.4 Å². The maximum Gasteiger partial charge on any atom is 0.357 e. The van der Waals surface area contributed by atoms with Gasteiger partial charge < -0.3 is 14.8 Å². The molecule has 0 fully saturated rings. The largest absolute Gasteiger partial charge is 0.483 e. The zero-order valence-electron chi connectivity index (χ0n) is 15.5. The zero-order chi connectivity index (χ0) is 20.1. The Morgan fingerprint density at radius 3 is 2.57 bits per heavy atom. The fourth-order valence-electron chi connectivity index (χ4n) is 2.57. The Morgan fingerprint density at radius 1 is 1.11 bits per heavy atom. The van der Waals surface area contributed by atoms with Crippen molar-refractivity contribution >= 4 is 40.1 Å². The second-order valence-electron chi connectivity index (χ2n) is 6.09. The maximum absolute atomic E-state index is 12.2. The molecule has 3 aromatic rings. The van der Waals surface area contributed by atoms with Gasteiger partial charge in [-0.2, -0.15) is 0 Å². The summed E-state index contributed by atoms with van der Waals surface area (Å²) in [5, 5.41) is 3.85. The number of carbonyl (C=O) groups excluding carboxylic acids is 2. The summed E-state index contributed by atoms with van der Waals surface area (Å²) in [5.41, 5.74) is 2.39. The first-order chi connectivity index (χ1) is 13.5. The number of nitrogens with zero attached hydrogens (tertiary/aromatic N) is 1. The van der Waals surface area contributed by atoms with Gasteiger partial charge in [0.1, 0.15) is 5.75 Å². The van der Waals surface area contributed by atoms with Crippen LogP contribution in [0, 0.1) is 6.92 Å². The van der Waals surface area contributed by atoms with Gasteiger partial charge in [-0.1, -0.05) is 29.3 Å². The van der Waals surface area contributed by atoms with Gasteiger partial charge in [0.15, 0.2) is 12.3 Å². The summed E-state index contributed by atoms with van der Waals surface area (Å²) in [6.45, 7) is 3.68. The summed E-state index contributed by atoms with van der Waals surface area (Å²) < 4.78 is 10.7. The molecular formula is C21H19ClN2O4. The lowest BCUT2D eigenvalue weighted by molar-refractivity contribution is -0.118. The van der Waals surface area contributed by atoms with Crippen LogP contribution in [0.15, 0.2) is 48.5 Å². The van der Waals surface area contributed by atoms with Gasteiger partial charge in [-0.25, -0.2) is 9.78 Å². The Labute approximate surface area is 167 Å². The summed E-state index contributed by atoms with van der Waals surface area (Å²) in [4.78, 5) is 28.6. The standard InChI is InChI=1S/C21H19ClN2O4/c1-3-27-21(26)18-11-19(16-10-14(22)6-9-17(16)24-18)28-12-20(25)23-15-7-4-13(2)5-8-15/h4-11H,3,12H2,1-2H3,(H,23,25). The van der Waals surface area contributed by atoms with Crippen LogP contribution in [0.5, 0.6) is 5.75 Å². The minimum absolute atomic E-state index is 0.102. The molecule has 3 rings (SSSR count). The zero-order valence-corrected chi connectivity index (χ0v) is 16.2. The third-order valence-corrected chi connectivity index (χ3v) is 4.15. The van der Waals surface area contributed by atoms with E-state index in [4.69, 9.17) is 21.1 Å². The van der Waals surface area contributed by atoms with E-state index in [1.54, 1.807) is 25.1 Å². The average molecular weight is 399 g/mol. The maximum atomic E-state index is 12.2. The van der Waals surface area contributed by atoms with Crippen LogP contribution in [0.4, 0.5) is 5.69 Å². The molecule has 0 spiro atoms. The van der Waals surface area contributed by atoms with Crippen LogP contribution < -0.4 is 10.1 Å². The van der Waals surface area contributed by atoms with Crippen molar-refractivity contribution < 1.29 is 19.1 Å². The molecule has 6 nitrogen and oxygen atoms in total. The average Bonchev–Trinajstić information content (AvgIpc) is 2.68. The highest BCUT2D eigenvalue weighted by Gasteiger charge is 2.15. The molecule has 0 aliphatic carbocycles. The molecule has 1 aromatic heterocycles. The topological polar surface area (TPSA) is 77.5 Å². The fraction of sp³-hybridized carbons (Fsp3) is 0.190. The van der Waals surface area contributed by atoms with Crippen molar-refractivity contribution in [2.75, 3.05) is 18.5 Å². The second kappa shape index (κ2) is 8.71. The molecule has 0 aliphatic heterocycles. The van der Waals surface area contributed by atoms with E-state index in [0.717, 1.165) is 5.56 Å². The summed E-state index contributed by atoms with van der Waals surface area (Å²) in [6.07, 6.45) is 0. The molecule has 0 saturated carbocycles. The number of carbonyl (C=O) groups is 2. The van der Waals surface area contributed by atoms with E-state index in [1.807, 2.05) is 31.2 Å². The SMILES string of the molecule is CCOC(=O)c1cc(OCC(=O)Nc2ccc(C)cc2)c2cc(Cl)ccc2n1. The normalized spacial score (nSPS) is 10.5. The third kappa shape index (κ3) is 4.78. The monoisotopic (exact) mass is 398 g/mol. The molecule has 2 aromatic carbocycles. The number of aromatic nitrogens is 1. The molecule has 0 saturated heterocycles. The molecule has 1 N–H and O–H groups in total. The van der Waals surface area contributed by atoms with Crippen LogP contribution in [-0.2, 0) is 9.53 Å². The molecule has 7 heteroatoms. The number of aryl methyl sites for hydroxylation is 1. The number of halogens is 1. The van der Waals surface area contributed by atoms with Crippen molar-refractivity contribution in [2.24, 2.45) is 0 Å². The van der Waals surface area contributed by atoms with Crippen LogP contribution in [0.25, 0.3) is 10.9 Å². The summed E-state index contributed by atoms with van der Waals surface area (Å²) >= 11 is 6.07. The fourth-order valence-corrected chi connectivity index (χ4v) is 2.75. The van der Waals surface area contributed by atoms with Gasteiger partial charge >= 0.3 is 5.97 Å². The Bertz CT molecular complexity index is 1020. The first-order valence-corrected chi connectivity index (χ1v) is 9.11. The predicted molar refractivity (Wildman–Crippen MR) is 108 cm³/mol. The smallest absolute Gasteiger partial charge is 0.357 e. The summed E-state index contributed by atoms with van der Waals surface area (Å²) in [7, 11) is 0. The lowest BCUT2D eigenvalue weighted by Crippen LogP contribution is -2.20. The first kappa shape index (κ1) is 19.6. The molecule has 28 heavy (non-hydrogen) atoms. The number of hydrogen-bond donors (Lipinski definition) is 1. The summed E-state index contributed by atoms with van der Waals surface area (Å²) in [6, 6.07) is 13.9. The van der Waals surface area contributed by atoms with Gasteiger partial charge in [-0.3, -0.25) is 4.79 Å². The molecule has 0 aliphatic rings. The van der Waals surface area contributed by atoms with Crippen molar-refractivity contribution in [2.45, 2.75) is 13.8 Å². The minimum Gasteiger partial charge on any atom is -0.483 e. The van der Waals surface area contributed by atoms with E-state index < -0.39 is 5.97 Å². The van der Waals surface area contributed by atoms with E-state index in [2.05, 4.69) is 10.3 Å². The van der Waals surface area contributed by atoms with E-state index in [1.165, 1.54) is 6.07 Å². The number of hydrogen-bond acceptors (Lipinski definition) is 5. The number of fused-ring (bicyclic) bond motifs is 1. The first-order valence-electron chi connectivity index (χ1n) is 8.73. The molecule has 0 radical (unpaired) electrons. The van der Waals surface area contributed by atoms with Crippen LogP contribution in [0.2, 0.25) is 5.02 Å². The van der Waals surface area contributed by atoms with Gasteiger partial charge in [-0.15, -0.1) is 0 Å². The van der Waals surface area contributed by atoms with E-state index >= 15 is 0 Å². The number of nitrogens with one attached hydrogen (secondary N) is 1. The molecular weight excluding hydrogens is 380 g/mol. The van der Waals surface area contributed by atoms with Gasteiger partial charge in [0.05, 0.1) is 12.1 Å². The lowest BCUT2D eigenvalue weighted by atomic mass is 10.2. The van der Waals surface area contributed by atoms with Crippen LogP contribution in [-0.4, -0.2) is 30.1 Å². The van der Waals surface area contributed by atoms with Gasteiger partial charge in [-0.05, 0) is 44.2 Å². The van der Waals surface area contributed by atoms with Crippen molar-refractivity contribution in [3.05, 3.63) is 64.8 Å². The summed E-state index contributed by atoms with van der Waals surface area (Å²) in [5.74, 6) is -0.559. The van der Waals surface area contributed by atoms with Crippen LogP contribution in [0.3, 0.4) is 0 Å². The quantitative estimate of drug-likeness (QED) is 0.623. The molecule has 144 valence electrons. The minimum atomic E-state index is -0.562. The van der Waals surface area contributed by atoms with Crippen molar-refractivity contribution in [1.82, 2.24) is 4.98 Å². The van der Waals surface area contributed by atoms with Crippen molar-refractivity contribution in [3.8, 4) is 5.75 Å². The molecule has 0 bridgehead atoms. The molecule has 0 atom stereocenters. The van der Waals surface area contributed by atoms with Crippen molar-refractivity contribution in [1.29, 1.82) is 0 Å². The number of anilines is 1. The Hall–Kier alpha value is -3.12. The number of esters is 1. The highest BCUT2D eigenvalue weighted by atomic mass is 35.5. The van der Waals surface area contributed by atoms with E-state index in [9.17, 15) is 9.59 Å². The number of amides is 1. The number of benzene rings is 2. The second-order valence-corrected chi connectivity index (χ2v) is 6.53. The Balaban J connectivity index is 1.81. The molecule has 1 heterocycles. The van der Waals surface area contributed by atoms with E-state index in [-0.39, 0.29) is 24.8 Å². The molecule has 1 amide bonds. The van der Waals surface area contributed by atoms with Crippen LogP contribution in [0.1, 0.15) is 23.0 Å². The predicted octanol–water partition coefficient (Wildman–Crippen LogP) is 4.39. The molecule has 0 unspecified atom stereocenters. The number of rotatable bonds is 6. The van der Waals surface area contributed by atoms with Gasteiger partial charge in [0.2, 0.25) is 0 Å². The number of ether oxygens (including phenoxy) is 2. The van der Waals surface area contributed by atoms with Gasteiger partial charge in [0, 0.05) is 22.2 Å². The third-order valence-electron chi connectivity index (χ3n) is 3.91. The highest BCUT2D eigenvalue weighted by Crippen LogP contribution is 2.28. The Kier molecular flexibility index (Phi) is 6.11. The number of pyridine rings is 1. The van der Waals surface area contributed by atoms with Crippen molar-refractivity contribution in [3.63, 3.8) is 0 Å².